The van der Waals surface area contributed by atoms with Gasteiger partial charge in [-0.2, -0.15) is 0 Å². The van der Waals surface area contributed by atoms with Crippen molar-refractivity contribution in [3.8, 4) is 0 Å². The second kappa shape index (κ2) is 14.7. The van der Waals surface area contributed by atoms with E-state index in [0.29, 0.717) is 42.5 Å². The molecular weight excluding hydrogens is 541 g/mol. The topological polar surface area (TPSA) is 85.8 Å². The quantitative estimate of drug-likeness (QED) is 0.183. The molecule has 2 aromatic carbocycles. The Morgan fingerprint density at radius 3 is 2.25 bits per heavy atom. The van der Waals surface area contributed by atoms with Gasteiger partial charge in [0.15, 0.2) is 5.96 Å². The highest BCUT2D eigenvalue weighted by atomic mass is 127. The minimum absolute atomic E-state index is 0. The maximum absolute atomic E-state index is 12.1. The van der Waals surface area contributed by atoms with Gasteiger partial charge in [0.1, 0.15) is 0 Å². The zero-order valence-corrected chi connectivity index (χ0v) is 21.7. The van der Waals surface area contributed by atoms with E-state index in [-0.39, 0.29) is 35.8 Å². The van der Waals surface area contributed by atoms with Crippen LogP contribution in [0.4, 0.5) is 5.69 Å². The van der Waals surface area contributed by atoms with Crippen molar-refractivity contribution in [2.75, 3.05) is 32.5 Å². The predicted octanol–water partition coefficient (Wildman–Crippen LogP) is 4.13. The lowest BCUT2D eigenvalue weighted by atomic mass is 10.1. The molecule has 9 heteroatoms. The van der Waals surface area contributed by atoms with Gasteiger partial charge in [0, 0.05) is 49.9 Å². The SMILES string of the molecule is CCNC(=NCc1ccc(C(=O)N(C)C)cc1)NCCCC(=O)Nc1ccc(Cl)cc1.I. The summed E-state index contributed by atoms with van der Waals surface area (Å²) in [4.78, 5) is 30.1. The van der Waals surface area contributed by atoms with Gasteiger partial charge in [-0.3, -0.25) is 9.59 Å². The number of amides is 2. The highest BCUT2D eigenvalue weighted by Gasteiger charge is 2.07. The number of benzene rings is 2. The standard InChI is InChI=1S/C23H30ClN5O2.HI/c1-4-25-23(27-16-17-7-9-18(10-8-17)22(31)29(2)3)26-15-5-6-21(30)28-20-13-11-19(24)12-14-20;/h7-14H,4-6,15-16H2,1-3H3,(H,28,30)(H2,25,26,27);1H. The molecule has 7 nitrogen and oxygen atoms in total. The Morgan fingerprint density at radius 1 is 1.00 bits per heavy atom. The van der Waals surface area contributed by atoms with Crippen molar-refractivity contribution in [3.63, 3.8) is 0 Å². The van der Waals surface area contributed by atoms with Crippen LogP contribution in [0.25, 0.3) is 0 Å². The van der Waals surface area contributed by atoms with Crippen molar-refractivity contribution in [3.05, 3.63) is 64.7 Å². The minimum Gasteiger partial charge on any atom is -0.357 e. The summed E-state index contributed by atoms with van der Waals surface area (Å²) >= 11 is 5.85. The van der Waals surface area contributed by atoms with Crippen LogP contribution in [-0.4, -0.2) is 49.9 Å². The van der Waals surface area contributed by atoms with Gasteiger partial charge in [-0.15, -0.1) is 24.0 Å². The summed E-state index contributed by atoms with van der Waals surface area (Å²) in [5, 5.41) is 9.92. The Hall–Kier alpha value is -2.33. The Balaban J connectivity index is 0.00000512. The van der Waals surface area contributed by atoms with E-state index in [1.165, 1.54) is 0 Å². The molecule has 0 aliphatic heterocycles. The lowest BCUT2D eigenvalue weighted by Gasteiger charge is -2.12. The molecule has 32 heavy (non-hydrogen) atoms. The molecule has 3 N–H and O–H groups in total. The fourth-order valence-corrected chi connectivity index (χ4v) is 2.86. The smallest absolute Gasteiger partial charge is 0.253 e. The average molecular weight is 572 g/mol. The molecule has 0 fully saturated rings. The number of rotatable bonds is 9. The van der Waals surface area contributed by atoms with Crippen LogP contribution >= 0.6 is 35.6 Å². The van der Waals surface area contributed by atoms with Crippen molar-refractivity contribution >= 4 is 59.0 Å². The van der Waals surface area contributed by atoms with Gasteiger partial charge in [-0.1, -0.05) is 23.7 Å². The zero-order valence-electron chi connectivity index (χ0n) is 18.7. The zero-order chi connectivity index (χ0) is 22.6. The van der Waals surface area contributed by atoms with Gasteiger partial charge in [0.25, 0.3) is 5.91 Å². The molecule has 0 heterocycles. The predicted molar refractivity (Wildman–Crippen MR) is 142 cm³/mol. The maximum atomic E-state index is 12.1. The first kappa shape index (κ1) is 27.7. The first-order chi connectivity index (χ1) is 14.9. The number of nitrogens with one attached hydrogen (secondary N) is 3. The molecule has 174 valence electrons. The van der Waals surface area contributed by atoms with Gasteiger partial charge in [-0.25, -0.2) is 4.99 Å². The van der Waals surface area contributed by atoms with E-state index in [4.69, 9.17) is 11.6 Å². The van der Waals surface area contributed by atoms with Gasteiger partial charge >= 0.3 is 0 Å². The summed E-state index contributed by atoms with van der Waals surface area (Å²) in [6.45, 7) is 3.84. The van der Waals surface area contributed by atoms with E-state index >= 15 is 0 Å². The van der Waals surface area contributed by atoms with E-state index < -0.39 is 0 Å². The van der Waals surface area contributed by atoms with E-state index in [9.17, 15) is 9.59 Å². The summed E-state index contributed by atoms with van der Waals surface area (Å²) in [6, 6.07) is 14.5. The van der Waals surface area contributed by atoms with E-state index in [1.54, 1.807) is 43.3 Å². The van der Waals surface area contributed by atoms with Crippen molar-refractivity contribution in [2.45, 2.75) is 26.3 Å². The number of anilines is 1. The number of hydrogen-bond acceptors (Lipinski definition) is 3. The maximum Gasteiger partial charge on any atom is 0.253 e. The highest BCUT2D eigenvalue weighted by Crippen LogP contribution is 2.13. The second-order valence-corrected chi connectivity index (χ2v) is 7.61. The van der Waals surface area contributed by atoms with E-state index in [0.717, 1.165) is 17.8 Å². The van der Waals surface area contributed by atoms with E-state index in [1.807, 2.05) is 31.2 Å². The molecule has 0 spiro atoms. The Labute approximate surface area is 212 Å². The molecule has 2 aromatic rings. The molecule has 2 rings (SSSR count). The lowest BCUT2D eigenvalue weighted by Crippen LogP contribution is -2.38. The first-order valence-electron chi connectivity index (χ1n) is 10.3. The summed E-state index contributed by atoms with van der Waals surface area (Å²) in [7, 11) is 3.46. The largest absolute Gasteiger partial charge is 0.357 e. The van der Waals surface area contributed by atoms with Gasteiger partial charge in [-0.05, 0) is 55.3 Å². The lowest BCUT2D eigenvalue weighted by molar-refractivity contribution is -0.116. The van der Waals surface area contributed by atoms with Crippen LogP contribution < -0.4 is 16.0 Å². The van der Waals surface area contributed by atoms with Crippen LogP contribution in [0.3, 0.4) is 0 Å². The van der Waals surface area contributed by atoms with Crippen molar-refractivity contribution < 1.29 is 9.59 Å². The molecule has 0 radical (unpaired) electrons. The number of carbonyl (C=O) groups excluding carboxylic acids is 2. The van der Waals surface area contributed by atoms with Gasteiger partial charge < -0.3 is 20.9 Å². The monoisotopic (exact) mass is 571 g/mol. The number of hydrogen-bond donors (Lipinski definition) is 3. The molecule has 0 unspecified atom stereocenters. The van der Waals surface area contributed by atoms with Crippen LogP contribution in [0.15, 0.2) is 53.5 Å². The summed E-state index contributed by atoms with van der Waals surface area (Å²) in [5.41, 5.74) is 2.39. The van der Waals surface area contributed by atoms with Crippen molar-refractivity contribution in [1.82, 2.24) is 15.5 Å². The number of aliphatic imine (C=N–C) groups is 1. The third-order valence-electron chi connectivity index (χ3n) is 4.37. The van der Waals surface area contributed by atoms with Crippen LogP contribution in [0.5, 0.6) is 0 Å². The molecular formula is C23H31ClIN5O2. The summed E-state index contributed by atoms with van der Waals surface area (Å²) in [6.07, 6.45) is 1.07. The minimum atomic E-state index is -0.0431. The summed E-state index contributed by atoms with van der Waals surface area (Å²) in [5.74, 6) is 0.623. The highest BCUT2D eigenvalue weighted by molar-refractivity contribution is 14.0. The molecule has 0 saturated carbocycles. The Morgan fingerprint density at radius 2 is 1.66 bits per heavy atom. The fourth-order valence-electron chi connectivity index (χ4n) is 2.74. The normalized spacial score (nSPS) is 10.7. The molecule has 0 aromatic heterocycles. The molecule has 0 aliphatic rings. The van der Waals surface area contributed by atoms with Crippen LogP contribution in [-0.2, 0) is 11.3 Å². The third kappa shape index (κ3) is 9.86. The number of guanidine groups is 1. The average Bonchev–Trinajstić information content (AvgIpc) is 2.76. The van der Waals surface area contributed by atoms with Crippen LogP contribution in [0.2, 0.25) is 5.02 Å². The Kier molecular flexibility index (Phi) is 12.7. The third-order valence-corrected chi connectivity index (χ3v) is 4.62. The summed E-state index contributed by atoms with van der Waals surface area (Å²) < 4.78 is 0. The number of nitrogens with zero attached hydrogens (tertiary/aromatic N) is 2. The molecule has 0 saturated heterocycles. The number of carbonyl (C=O) groups is 2. The molecule has 0 bridgehead atoms. The first-order valence-corrected chi connectivity index (χ1v) is 10.6. The van der Waals surface area contributed by atoms with Crippen molar-refractivity contribution in [1.29, 1.82) is 0 Å². The van der Waals surface area contributed by atoms with Crippen LogP contribution in [0.1, 0.15) is 35.7 Å². The van der Waals surface area contributed by atoms with Gasteiger partial charge in [0.05, 0.1) is 6.54 Å². The fraction of sp³-hybridized carbons (Fsp3) is 0.348. The molecule has 0 atom stereocenters. The number of halogens is 2. The molecule has 0 aliphatic carbocycles. The van der Waals surface area contributed by atoms with Gasteiger partial charge in [0.2, 0.25) is 5.91 Å². The second-order valence-electron chi connectivity index (χ2n) is 7.18. The molecule has 2 amide bonds. The van der Waals surface area contributed by atoms with Crippen LogP contribution in [0, 0.1) is 0 Å². The van der Waals surface area contributed by atoms with E-state index in [2.05, 4.69) is 20.9 Å². The van der Waals surface area contributed by atoms with Crippen molar-refractivity contribution in [2.24, 2.45) is 4.99 Å². The Bertz CT molecular complexity index is 886.